The van der Waals surface area contributed by atoms with Crippen LogP contribution in [0.3, 0.4) is 0 Å². The molecule has 14 heavy (non-hydrogen) atoms. The van der Waals surface area contributed by atoms with Gasteiger partial charge in [-0.1, -0.05) is 12.1 Å². The number of ketones is 1. The van der Waals surface area contributed by atoms with Crippen LogP contribution in [0.25, 0.3) is 0 Å². The molecule has 0 bridgehead atoms. The first-order valence-electron chi connectivity index (χ1n) is 4.20. The Balaban J connectivity index is 3.01. The number of rotatable bonds is 3. The van der Waals surface area contributed by atoms with Crippen LogP contribution in [0.15, 0.2) is 24.3 Å². The Hall–Kier alpha value is -1.64. The zero-order valence-corrected chi connectivity index (χ0v) is 7.95. The SMILES string of the molecule is [CH2]CC(=O)c1cccc(C(=O)OC)c1. The van der Waals surface area contributed by atoms with Crippen molar-refractivity contribution in [3.05, 3.63) is 42.3 Å². The van der Waals surface area contributed by atoms with Crippen LogP contribution >= 0.6 is 0 Å². The van der Waals surface area contributed by atoms with Gasteiger partial charge in [-0.2, -0.15) is 0 Å². The summed E-state index contributed by atoms with van der Waals surface area (Å²) in [5.74, 6) is -0.528. The molecule has 0 atom stereocenters. The Labute approximate surface area is 82.7 Å². The van der Waals surface area contributed by atoms with Crippen LogP contribution in [0.5, 0.6) is 0 Å². The van der Waals surface area contributed by atoms with E-state index in [1.165, 1.54) is 13.2 Å². The molecule has 0 saturated carbocycles. The second kappa shape index (κ2) is 4.56. The lowest BCUT2D eigenvalue weighted by Crippen LogP contribution is -2.04. The molecule has 0 heterocycles. The molecule has 3 nitrogen and oxygen atoms in total. The molecule has 0 aliphatic heterocycles. The maximum absolute atomic E-state index is 11.3. The Kier molecular flexibility index (Phi) is 3.40. The van der Waals surface area contributed by atoms with Crippen LogP contribution in [0.1, 0.15) is 27.1 Å². The van der Waals surface area contributed by atoms with E-state index in [1.54, 1.807) is 18.2 Å². The zero-order chi connectivity index (χ0) is 10.6. The molecule has 0 aromatic heterocycles. The average molecular weight is 191 g/mol. The first-order valence-corrected chi connectivity index (χ1v) is 4.20. The van der Waals surface area contributed by atoms with Crippen molar-refractivity contribution in [3.63, 3.8) is 0 Å². The summed E-state index contributed by atoms with van der Waals surface area (Å²) in [4.78, 5) is 22.4. The van der Waals surface area contributed by atoms with Gasteiger partial charge in [-0.05, 0) is 19.1 Å². The second-order valence-electron chi connectivity index (χ2n) is 2.75. The fourth-order valence-electron chi connectivity index (χ4n) is 1.08. The van der Waals surface area contributed by atoms with Crippen LogP contribution in [0.4, 0.5) is 0 Å². The Morgan fingerprint density at radius 3 is 2.57 bits per heavy atom. The summed E-state index contributed by atoms with van der Waals surface area (Å²) in [6, 6.07) is 6.42. The normalized spacial score (nSPS) is 9.57. The molecule has 0 spiro atoms. The van der Waals surface area contributed by atoms with E-state index >= 15 is 0 Å². The van der Waals surface area contributed by atoms with E-state index in [1.807, 2.05) is 0 Å². The topological polar surface area (TPSA) is 43.4 Å². The highest BCUT2D eigenvalue weighted by atomic mass is 16.5. The number of hydrogen-bond acceptors (Lipinski definition) is 3. The second-order valence-corrected chi connectivity index (χ2v) is 2.75. The van der Waals surface area contributed by atoms with Gasteiger partial charge < -0.3 is 4.74 Å². The van der Waals surface area contributed by atoms with E-state index in [-0.39, 0.29) is 12.2 Å². The first-order chi connectivity index (χ1) is 6.69. The molecule has 1 aromatic rings. The molecule has 3 heteroatoms. The minimum absolute atomic E-state index is 0.0873. The van der Waals surface area contributed by atoms with Gasteiger partial charge in [-0.3, -0.25) is 4.79 Å². The summed E-state index contributed by atoms with van der Waals surface area (Å²) in [5.41, 5.74) is 0.870. The maximum atomic E-state index is 11.3. The molecule has 0 amide bonds. The van der Waals surface area contributed by atoms with Gasteiger partial charge in [0.2, 0.25) is 0 Å². The van der Waals surface area contributed by atoms with Crippen molar-refractivity contribution in [3.8, 4) is 0 Å². The molecule has 0 aliphatic carbocycles. The molecular weight excluding hydrogens is 180 g/mol. The Bertz CT molecular complexity index is 324. The van der Waals surface area contributed by atoms with Crippen molar-refractivity contribution in [2.24, 2.45) is 0 Å². The van der Waals surface area contributed by atoms with Crippen molar-refractivity contribution < 1.29 is 14.3 Å². The van der Waals surface area contributed by atoms with E-state index in [0.29, 0.717) is 11.1 Å². The van der Waals surface area contributed by atoms with E-state index in [4.69, 9.17) is 0 Å². The number of methoxy groups -OCH3 is 1. The average Bonchev–Trinajstić information content (AvgIpc) is 2.27. The van der Waals surface area contributed by atoms with Crippen molar-refractivity contribution in [1.29, 1.82) is 0 Å². The van der Waals surface area contributed by atoms with Crippen molar-refractivity contribution in [2.45, 2.75) is 6.42 Å². The van der Waals surface area contributed by atoms with Gasteiger partial charge in [-0.15, -0.1) is 0 Å². The molecule has 1 rings (SSSR count). The minimum Gasteiger partial charge on any atom is -0.465 e. The fourth-order valence-corrected chi connectivity index (χ4v) is 1.08. The highest BCUT2D eigenvalue weighted by Crippen LogP contribution is 2.08. The van der Waals surface area contributed by atoms with E-state index in [9.17, 15) is 9.59 Å². The summed E-state index contributed by atoms with van der Waals surface area (Å²) in [6.45, 7) is 3.49. The molecular formula is C11H11O3. The Morgan fingerprint density at radius 2 is 2.00 bits per heavy atom. The van der Waals surface area contributed by atoms with Gasteiger partial charge in [0.15, 0.2) is 5.78 Å². The number of benzene rings is 1. The number of carbonyl (C=O) groups excluding carboxylic acids is 2. The van der Waals surface area contributed by atoms with E-state index < -0.39 is 5.97 Å². The van der Waals surface area contributed by atoms with Crippen LogP contribution in [0, 0.1) is 6.92 Å². The summed E-state index contributed by atoms with van der Waals surface area (Å²) >= 11 is 0. The largest absolute Gasteiger partial charge is 0.465 e. The third-order valence-electron chi connectivity index (χ3n) is 1.83. The summed E-state index contributed by atoms with van der Waals surface area (Å²) in [6.07, 6.45) is 0.185. The molecule has 1 radical (unpaired) electrons. The zero-order valence-electron chi connectivity index (χ0n) is 7.95. The monoisotopic (exact) mass is 191 g/mol. The van der Waals surface area contributed by atoms with E-state index in [2.05, 4.69) is 11.7 Å². The number of Topliss-reactive ketones (excluding diaryl/α,β-unsaturated/α-hetero) is 1. The van der Waals surface area contributed by atoms with Gasteiger partial charge in [0.05, 0.1) is 12.7 Å². The standard InChI is InChI=1S/C11H11O3/c1-3-10(12)8-5-4-6-9(7-8)11(13)14-2/h4-7H,1,3H2,2H3. The van der Waals surface area contributed by atoms with Crippen LogP contribution in [-0.4, -0.2) is 18.9 Å². The van der Waals surface area contributed by atoms with Crippen molar-refractivity contribution >= 4 is 11.8 Å². The van der Waals surface area contributed by atoms with Crippen LogP contribution in [-0.2, 0) is 4.74 Å². The molecule has 0 N–H and O–H groups in total. The van der Waals surface area contributed by atoms with E-state index in [0.717, 1.165) is 0 Å². The van der Waals surface area contributed by atoms with Crippen molar-refractivity contribution in [1.82, 2.24) is 0 Å². The van der Waals surface area contributed by atoms with Gasteiger partial charge in [0.1, 0.15) is 0 Å². The molecule has 73 valence electrons. The molecule has 0 aliphatic rings. The third-order valence-corrected chi connectivity index (χ3v) is 1.83. The molecule has 0 saturated heterocycles. The highest BCUT2D eigenvalue weighted by Gasteiger charge is 2.08. The lowest BCUT2D eigenvalue weighted by molar-refractivity contribution is 0.0600. The molecule has 0 unspecified atom stereocenters. The van der Waals surface area contributed by atoms with Crippen LogP contribution < -0.4 is 0 Å². The van der Waals surface area contributed by atoms with Gasteiger partial charge in [-0.25, -0.2) is 4.79 Å². The van der Waals surface area contributed by atoms with Gasteiger partial charge in [0.25, 0.3) is 0 Å². The smallest absolute Gasteiger partial charge is 0.337 e. The van der Waals surface area contributed by atoms with Gasteiger partial charge >= 0.3 is 5.97 Å². The molecule has 1 aromatic carbocycles. The quantitative estimate of drug-likeness (QED) is 0.541. The number of esters is 1. The highest BCUT2D eigenvalue weighted by molar-refractivity contribution is 5.99. The van der Waals surface area contributed by atoms with Crippen molar-refractivity contribution in [2.75, 3.05) is 7.11 Å². The lowest BCUT2D eigenvalue weighted by atomic mass is 10.1. The van der Waals surface area contributed by atoms with Crippen LogP contribution in [0.2, 0.25) is 0 Å². The predicted molar refractivity (Wildman–Crippen MR) is 52.1 cm³/mol. The van der Waals surface area contributed by atoms with Gasteiger partial charge in [0, 0.05) is 12.0 Å². The minimum atomic E-state index is -0.441. The fraction of sp³-hybridized carbons (Fsp3) is 0.182. The number of ether oxygens (including phenoxy) is 1. The molecule has 0 fully saturated rings. The number of carbonyl (C=O) groups is 2. The maximum Gasteiger partial charge on any atom is 0.337 e. The summed E-state index contributed by atoms with van der Waals surface area (Å²) in [7, 11) is 1.30. The first kappa shape index (κ1) is 10.4. The summed E-state index contributed by atoms with van der Waals surface area (Å²) in [5, 5.41) is 0. The summed E-state index contributed by atoms with van der Waals surface area (Å²) < 4.78 is 4.54. The third kappa shape index (κ3) is 2.19. The lowest BCUT2D eigenvalue weighted by Gasteiger charge is -2.01. The number of hydrogen-bond donors (Lipinski definition) is 0. The predicted octanol–water partition coefficient (Wildman–Crippen LogP) is 1.88. The Morgan fingerprint density at radius 1 is 1.36 bits per heavy atom.